The Morgan fingerprint density at radius 1 is 0.422 bits per heavy atom. The van der Waals surface area contributed by atoms with E-state index in [0.717, 1.165) is 32.1 Å². The van der Waals surface area contributed by atoms with Gasteiger partial charge in [0.05, 0.1) is 17.8 Å². The van der Waals surface area contributed by atoms with Crippen molar-refractivity contribution < 1.29 is 14.3 Å². The number of rotatable bonds is 49. The Hall–Kier alpha value is -0.810. The molecule has 384 valence electrons. The molecule has 5 nitrogen and oxygen atoms in total. The summed E-state index contributed by atoms with van der Waals surface area (Å²) in [6.45, 7) is 22.9. The number of unbranched alkanes of at least 4 members (excludes halogenated alkanes) is 34. The van der Waals surface area contributed by atoms with E-state index in [1.165, 1.54) is 231 Å². The average Bonchev–Trinajstić information content (AvgIpc) is 3.21. The highest BCUT2D eigenvalue weighted by Crippen LogP contribution is 2.37. The summed E-state index contributed by atoms with van der Waals surface area (Å²) in [4.78, 5) is 13.6. The number of hydrogen-bond donors (Lipinski definition) is 2. The summed E-state index contributed by atoms with van der Waals surface area (Å²) in [6, 6.07) is 0.266. The Labute approximate surface area is 403 Å². The van der Waals surface area contributed by atoms with Crippen molar-refractivity contribution in [3.05, 3.63) is 0 Å². The van der Waals surface area contributed by atoms with E-state index in [1.54, 1.807) is 7.11 Å². The van der Waals surface area contributed by atoms with Crippen molar-refractivity contribution >= 4 is 6.03 Å². The smallest absolute Gasteiger partial charge is 0.315 e. The molecule has 0 unspecified atom stereocenters. The summed E-state index contributed by atoms with van der Waals surface area (Å²) in [7, 11) is 1.77. The first kappa shape index (κ1) is 63.2. The van der Waals surface area contributed by atoms with Gasteiger partial charge in [-0.15, -0.1) is 0 Å². The van der Waals surface area contributed by atoms with Crippen molar-refractivity contribution in [2.45, 2.75) is 355 Å². The predicted molar refractivity (Wildman–Crippen MR) is 285 cm³/mol. The van der Waals surface area contributed by atoms with Crippen molar-refractivity contribution in [1.82, 2.24) is 10.6 Å². The Kier molecular flexibility index (Phi) is 40.7. The van der Waals surface area contributed by atoms with E-state index in [0.29, 0.717) is 6.61 Å². The first-order valence-corrected chi connectivity index (χ1v) is 28.8. The number of nitrogens with one attached hydrogen (secondary N) is 2. The molecule has 0 aliphatic rings. The number of urea groups is 1. The number of methoxy groups -OCH3 is 1. The molecule has 5 heteroatoms. The second-order valence-electron chi connectivity index (χ2n) is 23.6. The summed E-state index contributed by atoms with van der Waals surface area (Å²) in [5, 5.41) is 6.89. The third-order valence-corrected chi connectivity index (χ3v) is 14.2. The van der Waals surface area contributed by atoms with Crippen LogP contribution in [0.4, 0.5) is 4.79 Å². The first-order valence-electron chi connectivity index (χ1n) is 28.8. The van der Waals surface area contributed by atoms with Gasteiger partial charge in [-0.25, -0.2) is 4.79 Å². The zero-order chi connectivity index (χ0) is 47.7. The Balaban J connectivity index is 4.63. The standard InChI is InChI=1S/C59H120N2O3/c1-12-14-16-18-20-22-24-26-28-30-32-34-36-38-40-42-44-46-48-54(49-47-45-43-41-39-37-35-33-31-29-27-25-23-21-19-17-15-13-2)60-55(62)61-57(5,6)52-56(3,4)53-59(9,10)64-51-50-58(7,8)63-11/h54H,12-53H2,1-11H3,(H2,60,61,62). The van der Waals surface area contributed by atoms with Crippen LogP contribution >= 0.6 is 0 Å². The molecule has 0 radical (unpaired) electrons. The van der Waals surface area contributed by atoms with Crippen LogP contribution in [0.25, 0.3) is 0 Å². The van der Waals surface area contributed by atoms with Gasteiger partial charge in [0.25, 0.3) is 0 Å². The number of hydrogen-bond acceptors (Lipinski definition) is 3. The van der Waals surface area contributed by atoms with Gasteiger partial charge >= 0.3 is 6.03 Å². The van der Waals surface area contributed by atoms with Gasteiger partial charge in [-0.2, -0.15) is 0 Å². The molecule has 64 heavy (non-hydrogen) atoms. The average molecular weight is 906 g/mol. The third-order valence-electron chi connectivity index (χ3n) is 14.2. The van der Waals surface area contributed by atoms with Gasteiger partial charge in [-0.05, 0) is 79.1 Å². The van der Waals surface area contributed by atoms with E-state index in [-0.39, 0.29) is 34.2 Å². The maximum absolute atomic E-state index is 13.6. The highest BCUT2D eigenvalue weighted by Gasteiger charge is 2.36. The predicted octanol–water partition coefficient (Wildman–Crippen LogP) is 19.7. The second kappa shape index (κ2) is 41.2. The van der Waals surface area contributed by atoms with Crippen molar-refractivity contribution in [2.24, 2.45) is 5.41 Å². The van der Waals surface area contributed by atoms with Crippen LogP contribution in [0.1, 0.15) is 332 Å². The van der Waals surface area contributed by atoms with Crippen LogP contribution in [-0.2, 0) is 9.47 Å². The SMILES string of the molecule is CCCCCCCCCCCCCCCCCCCCC(CCCCCCCCCCCCCCCCCCCC)NC(=O)NC(C)(C)CC(C)(C)CC(C)(C)OCCC(C)(C)OC. The van der Waals surface area contributed by atoms with E-state index in [2.05, 4.69) is 79.9 Å². The van der Waals surface area contributed by atoms with Crippen LogP contribution < -0.4 is 10.6 Å². The molecule has 0 aromatic carbocycles. The number of amides is 2. The number of ether oxygens (including phenoxy) is 2. The molecule has 2 N–H and O–H groups in total. The Morgan fingerprint density at radius 2 is 0.719 bits per heavy atom. The van der Waals surface area contributed by atoms with Crippen molar-refractivity contribution in [2.75, 3.05) is 13.7 Å². The minimum atomic E-state index is -0.326. The van der Waals surface area contributed by atoms with E-state index in [4.69, 9.17) is 9.47 Å². The van der Waals surface area contributed by atoms with Gasteiger partial charge < -0.3 is 20.1 Å². The summed E-state index contributed by atoms with van der Waals surface area (Å²) in [5.41, 5.74) is -0.765. The molecule has 0 heterocycles. The first-order chi connectivity index (χ1) is 30.6. The Morgan fingerprint density at radius 3 is 1.02 bits per heavy atom. The molecule has 0 bridgehead atoms. The van der Waals surface area contributed by atoms with Crippen molar-refractivity contribution in [3.8, 4) is 0 Å². The molecule has 0 aromatic rings. The van der Waals surface area contributed by atoms with Gasteiger partial charge in [0, 0.05) is 18.7 Å². The molecular formula is C59H120N2O3. The van der Waals surface area contributed by atoms with Crippen molar-refractivity contribution in [3.63, 3.8) is 0 Å². The summed E-state index contributed by atoms with van der Waals surface area (Å²) in [6.07, 6.45) is 55.3. The quantitative estimate of drug-likeness (QED) is 0.0598. The lowest BCUT2D eigenvalue weighted by molar-refractivity contribution is -0.0763. The fourth-order valence-corrected chi connectivity index (χ4v) is 10.6. The Bertz CT molecular complexity index is 966. The topological polar surface area (TPSA) is 59.6 Å². The van der Waals surface area contributed by atoms with Crippen molar-refractivity contribution in [1.29, 1.82) is 0 Å². The molecular weight excluding hydrogens is 785 g/mol. The van der Waals surface area contributed by atoms with Crippen LogP contribution in [0.5, 0.6) is 0 Å². The second-order valence-corrected chi connectivity index (χ2v) is 23.6. The highest BCUT2D eigenvalue weighted by atomic mass is 16.5. The molecule has 0 aliphatic heterocycles. The summed E-state index contributed by atoms with van der Waals surface area (Å²) in [5.74, 6) is 0. The summed E-state index contributed by atoms with van der Waals surface area (Å²) < 4.78 is 12.0. The van der Waals surface area contributed by atoms with Gasteiger partial charge in [0.1, 0.15) is 0 Å². The minimum absolute atomic E-state index is 0.00362. The van der Waals surface area contributed by atoms with E-state index in [9.17, 15) is 4.79 Å². The lowest BCUT2D eigenvalue weighted by Gasteiger charge is -2.40. The zero-order valence-corrected chi connectivity index (χ0v) is 46.0. The molecule has 0 atom stereocenters. The van der Waals surface area contributed by atoms with E-state index in [1.807, 2.05) is 0 Å². The maximum atomic E-state index is 13.6. The minimum Gasteiger partial charge on any atom is -0.379 e. The van der Waals surface area contributed by atoms with Crippen LogP contribution in [0.2, 0.25) is 0 Å². The molecule has 0 fully saturated rings. The number of carbonyl (C=O) groups excluding carboxylic acids is 1. The van der Waals surface area contributed by atoms with Gasteiger partial charge in [0.15, 0.2) is 0 Å². The number of carbonyl (C=O) groups is 1. The molecule has 0 aliphatic carbocycles. The molecule has 0 aromatic heterocycles. The highest BCUT2D eigenvalue weighted by molar-refractivity contribution is 5.75. The maximum Gasteiger partial charge on any atom is 0.315 e. The fourth-order valence-electron chi connectivity index (χ4n) is 10.6. The van der Waals surface area contributed by atoms with Crippen LogP contribution in [0.15, 0.2) is 0 Å². The van der Waals surface area contributed by atoms with Crippen LogP contribution in [0, 0.1) is 5.41 Å². The monoisotopic (exact) mass is 905 g/mol. The van der Waals surface area contributed by atoms with Gasteiger partial charge in [0.2, 0.25) is 0 Å². The van der Waals surface area contributed by atoms with Gasteiger partial charge in [-0.1, -0.05) is 259 Å². The van der Waals surface area contributed by atoms with Crippen LogP contribution in [0.3, 0.4) is 0 Å². The third kappa shape index (κ3) is 43.7. The molecule has 0 saturated carbocycles. The van der Waals surface area contributed by atoms with E-state index >= 15 is 0 Å². The lowest BCUT2D eigenvalue weighted by Crippen LogP contribution is -2.53. The molecule has 2 amide bonds. The summed E-state index contributed by atoms with van der Waals surface area (Å²) >= 11 is 0. The fraction of sp³-hybridized carbons (Fsp3) is 0.983. The molecule has 0 saturated heterocycles. The lowest BCUT2D eigenvalue weighted by atomic mass is 9.73. The van der Waals surface area contributed by atoms with E-state index < -0.39 is 0 Å². The normalized spacial score (nSPS) is 12.8. The van der Waals surface area contributed by atoms with Gasteiger partial charge in [-0.3, -0.25) is 0 Å². The largest absolute Gasteiger partial charge is 0.379 e. The van der Waals surface area contributed by atoms with Crippen LogP contribution in [-0.4, -0.2) is 42.5 Å². The zero-order valence-electron chi connectivity index (χ0n) is 46.0. The molecule has 0 rings (SSSR count). The molecule has 0 spiro atoms.